The summed E-state index contributed by atoms with van der Waals surface area (Å²) in [6.45, 7) is 2.27. The van der Waals surface area contributed by atoms with Crippen LogP contribution in [0.15, 0.2) is 36.4 Å². The SMILES string of the molecule is CN1CCC(Nc2ccc3c(c2)[nH]c2c(C(N)=O)cccc23)CC1. The summed E-state index contributed by atoms with van der Waals surface area (Å²) in [6.07, 6.45) is 2.32. The standard InChI is InChI=1S/C19H22N4O/c1-23-9-7-12(8-10-23)21-13-5-6-14-15-3-2-4-16(19(20)24)18(15)22-17(14)11-13/h2-6,11-12,21-22H,7-10H2,1H3,(H2,20,24). The monoisotopic (exact) mass is 322 g/mol. The second kappa shape index (κ2) is 5.83. The molecule has 0 spiro atoms. The van der Waals surface area contributed by atoms with Crippen LogP contribution in [0.2, 0.25) is 0 Å². The van der Waals surface area contributed by atoms with Crippen molar-refractivity contribution >= 4 is 33.4 Å². The Balaban J connectivity index is 1.69. The van der Waals surface area contributed by atoms with Crippen molar-refractivity contribution in [2.75, 3.05) is 25.5 Å². The number of nitrogens with two attached hydrogens (primary N) is 1. The fraction of sp³-hybridized carbons (Fsp3) is 0.316. The van der Waals surface area contributed by atoms with Crippen molar-refractivity contribution in [3.05, 3.63) is 42.0 Å². The summed E-state index contributed by atoms with van der Waals surface area (Å²) in [6, 6.07) is 12.5. The van der Waals surface area contributed by atoms with Gasteiger partial charge in [0.1, 0.15) is 0 Å². The topological polar surface area (TPSA) is 74.2 Å². The Morgan fingerprint density at radius 1 is 1.21 bits per heavy atom. The largest absolute Gasteiger partial charge is 0.382 e. The maximum absolute atomic E-state index is 11.6. The molecule has 1 aromatic heterocycles. The lowest BCUT2D eigenvalue weighted by Gasteiger charge is -2.30. The van der Waals surface area contributed by atoms with Crippen molar-refractivity contribution < 1.29 is 4.79 Å². The number of rotatable bonds is 3. The summed E-state index contributed by atoms with van der Waals surface area (Å²) in [7, 11) is 2.17. The average molecular weight is 322 g/mol. The van der Waals surface area contributed by atoms with Crippen LogP contribution in [0.4, 0.5) is 5.69 Å². The van der Waals surface area contributed by atoms with Crippen LogP contribution >= 0.6 is 0 Å². The highest BCUT2D eigenvalue weighted by atomic mass is 16.1. The van der Waals surface area contributed by atoms with E-state index < -0.39 is 5.91 Å². The summed E-state index contributed by atoms with van der Waals surface area (Å²) in [4.78, 5) is 17.4. The van der Waals surface area contributed by atoms with Gasteiger partial charge in [-0.1, -0.05) is 18.2 Å². The van der Waals surface area contributed by atoms with Gasteiger partial charge in [-0.15, -0.1) is 0 Å². The lowest BCUT2D eigenvalue weighted by molar-refractivity contribution is 0.100. The molecule has 0 aliphatic carbocycles. The third-order valence-corrected chi connectivity index (χ3v) is 4.99. The van der Waals surface area contributed by atoms with E-state index in [2.05, 4.69) is 40.4 Å². The number of aromatic nitrogens is 1. The Morgan fingerprint density at radius 2 is 2.00 bits per heavy atom. The van der Waals surface area contributed by atoms with Crippen LogP contribution < -0.4 is 11.1 Å². The minimum Gasteiger partial charge on any atom is -0.382 e. The van der Waals surface area contributed by atoms with E-state index in [-0.39, 0.29) is 0 Å². The van der Waals surface area contributed by atoms with E-state index in [0.29, 0.717) is 11.6 Å². The van der Waals surface area contributed by atoms with Gasteiger partial charge in [-0.2, -0.15) is 0 Å². The van der Waals surface area contributed by atoms with Gasteiger partial charge in [0.25, 0.3) is 5.91 Å². The smallest absolute Gasteiger partial charge is 0.250 e. The first kappa shape index (κ1) is 15.0. The highest BCUT2D eigenvalue weighted by molar-refractivity contribution is 6.15. The molecule has 5 heteroatoms. The number of carbonyl (C=O) groups excluding carboxylic acids is 1. The number of H-pyrrole nitrogens is 1. The number of amides is 1. The van der Waals surface area contributed by atoms with E-state index in [9.17, 15) is 4.79 Å². The van der Waals surface area contributed by atoms with Crippen LogP contribution in [-0.4, -0.2) is 42.0 Å². The number of benzene rings is 2. The molecule has 2 aromatic carbocycles. The molecule has 1 saturated heterocycles. The Bertz CT molecular complexity index is 906. The molecule has 5 nitrogen and oxygen atoms in total. The van der Waals surface area contributed by atoms with Crippen LogP contribution in [0.1, 0.15) is 23.2 Å². The van der Waals surface area contributed by atoms with E-state index in [1.807, 2.05) is 12.1 Å². The first-order valence-corrected chi connectivity index (χ1v) is 8.41. The lowest BCUT2D eigenvalue weighted by atomic mass is 10.0. The molecule has 1 fully saturated rings. The predicted molar refractivity (Wildman–Crippen MR) is 98.5 cm³/mol. The van der Waals surface area contributed by atoms with E-state index in [1.165, 1.54) is 0 Å². The zero-order valence-corrected chi connectivity index (χ0v) is 13.8. The molecule has 0 radical (unpaired) electrons. The summed E-state index contributed by atoms with van der Waals surface area (Å²) < 4.78 is 0. The molecule has 0 atom stereocenters. The van der Waals surface area contributed by atoms with Crippen LogP contribution in [-0.2, 0) is 0 Å². The quantitative estimate of drug-likeness (QED) is 0.694. The highest BCUT2D eigenvalue weighted by Crippen LogP contribution is 2.30. The van der Waals surface area contributed by atoms with Crippen molar-refractivity contribution in [1.82, 2.24) is 9.88 Å². The maximum Gasteiger partial charge on any atom is 0.250 e. The number of nitrogens with zero attached hydrogens (tertiary/aromatic N) is 1. The van der Waals surface area contributed by atoms with Gasteiger partial charge in [0.05, 0.1) is 11.1 Å². The molecule has 0 bridgehead atoms. The maximum atomic E-state index is 11.6. The third kappa shape index (κ3) is 2.61. The minimum atomic E-state index is -0.406. The van der Waals surface area contributed by atoms with Gasteiger partial charge in [0.2, 0.25) is 0 Å². The molecule has 4 N–H and O–H groups in total. The number of hydrogen-bond acceptors (Lipinski definition) is 3. The molecule has 1 aliphatic rings. The Morgan fingerprint density at radius 3 is 2.75 bits per heavy atom. The van der Waals surface area contributed by atoms with Crippen molar-refractivity contribution in [2.45, 2.75) is 18.9 Å². The predicted octanol–water partition coefficient (Wildman–Crippen LogP) is 2.93. The second-order valence-corrected chi connectivity index (χ2v) is 6.70. The van der Waals surface area contributed by atoms with Crippen LogP contribution in [0, 0.1) is 0 Å². The van der Waals surface area contributed by atoms with E-state index >= 15 is 0 Å². The van der Waals surface area contributed by atoms with Crippen LogP contribution in [0.3, 0.4) is 0 Å². The molecule has 0 unspecified atom stereocenters. The first-order chi connectivity index (χ1) is 11.6. The molecule has 4 rings (SSSR count). The molecule has 2 heterocycles. The highest BCUT2D eigenvalue weighted by Gasteiger charge is 2.17. The Hall–Kier alpha value is -2.53. The van der Waals surface area contributed by atoms with Gasteiger partial charge in [0.15, 0.2) is 0 Å². The van der Waals surface area contributed by atoms with Gasteiger partial charge in [-0.05, 0) is 51.2 Å². The number of piperidine rings is 1. The van der Waals surface area contributed by atoms with Gasteiger partial charge in [-0.25, -0.2) is 0 Å². The molecule has 0 saturated carbocycles. The van der Waals surface area contributed by atoms with Crippen molar-refractivity contribution in [1.29, 1.82) is 0 Å². The third-order valence-electron chi connectivity index (χ3n) is 4.99. The molecule has 1 amide bonds. The van der Waals surface area contributed by atoms with E-state index in [1.54, 1.807) is 6.07 Å². The number of anilines is 1. The van der Waals surface area contributed by atoms with Crippen molar-refractivity contribution in [3.63, 3.8) is 0 Å². The second-order valence-electron chi connectivity index (χ2n) is 6.70. The normalized spacial score (nSPS) is 16.7. The minimum absolute atomic E-state index is 0.406. The summed E-state index contributed by atoms with van der Waals surface area (Å²) >= 11 is 0. The number of nitrogens with one attached hydrogen (secondary N) is 2. The zero-order chi connectivity index (χ0) is 16.7. The molecule has 24 heavy (non-hydrogen) atoms. The van der Waals surface area contributed by atoms with Gasteiger partial charge >= 0.3 is 0 Å². The molecule has 1 aliphatic heterocycles. The number of hydrogen-bond donors (Lipinski definition) is 3. The Kier molecular flexibility index (Phi) is 3.65. The number of para-hydroxylation sites is 1. The van der Waals surface area contributed by atoms with Crippen molar-refractivity contribution in [2.24, 2.45) is 5.73 Å². The zero-order valence-electron chi connectivity index (χ0n) is 13.8. The number of carbonyl (C=O) groups is 1. The fourth-order valence-corrected chi connectivity index (χ4v) is 3.61. The van der Waals surface area contributed by atoms with Gasteiger partial charge < -0.3 is 20.9 Å². The average Bonchev–Trinajstić information content (AvgIpc) is 2.94. The van der Waals surface area contributed by atoms with Crippen molar-refractivity contribution in [3.8, 4) is 0 Å². The molecular formula is C19H22N4O. The van der Waals surface area contributed by atoms with E-state index in [0.717, 1.165) is 53.4 Å². The number of fused-ring (bicyclic) bond motifs is 3. The van der Waals surface area contributed by atoms with Crippen LogP contribution in [0.5, 0.6) is 0 Å². The molecule has 124 valence electrons. The lowest BCUT2D eigenvalue weighted by Crippen LogP contribution is -2.36. The summed E-state index contributed by atoms with van der Waals surface area (Å²) in [5.74, 6) is -0.406. The summed E-state index contributed by atoms with van der Waals surface area (Å²) in [5.41, 5.74) is 8.98. The number of aromatic amines is 1. The first-order valence-electron chi connectivity index (χ1n) is 8.41. The summed E-state index contributed by atoms with van der Waals surface area (Å²) in [5, 5.41) is 5.78. The molecule has 3 aromatic rings. The number of likely N-dealkylation sites (tertiary alicyclic amines) is 1. The molecular weight excluding hydrogens is 300 g/mol. The van der Waals surface area contributed by atoms with Gasteiger partial charge in [-0.3, -0.25) is 4.79 Å². The Labute approximate surface area is 140 Å². The van der Waals surface area contributed by atoms with Gasteiger partial charge in [0, 0.05) is 28.0 Å². The fourth-order valence-electron chi connectivity index (χ4n) is 3.61. The van der Waals surface area contributed by atoms with E-state index in [4.69, 9.17) is 5.73 Å². The number of primary amides is 1. The van der Waals surface area contributed by atoms with Crippen LogP contribution in [0.25, 0.3) is 21.8 Å².